The first kappa shape index (κ1) is 22.9. The van der Waals surface area contributed by atoms with Crippen molar-refractivity contribution in [1.29, 1.82) is 0 Å². The molecular formula is C24H19ClF4N4. The molecule has 0 amide bonds. The number of aromatic nitrogens is 3. The van der Waals surface area contributed by atoms with E-state index in [0.717, 1.165) is 17.7 Å². The van der Waals surface area contributed by atoms with Gasteiger partial charge in [-0.1, -0.05) is 41.9 Å². The number of pyridine rings is 1. The number of hydrogen-bond donors (Lipinski definition) is 2. The molecule has 1 atom stereocenters. The molecule has 0 radical (unpaired) electrons. The number of nitrogens with zero attached hydrogens (tertiary/aromatic N) is 2. The molecule has 0 bridgehead atoms. The van der Waals surface area contributed by atoms with Crippen LogP contribution in [-0.4, -0.2) is 15.0 Å². The Morgan fingerprint density at radius 2 is 1.70 bits per heavy atom. The van der Waals surface area contributed by atoms with Crippen LogP contribution in [0.15, 0.2) is 79.4 Å². The Hall–Kier alpha value is -3.23. The predicted molar refractivity (Wildman–Crippen MR) is 117 cm³/mol. The fraction of sp³-hybridized carbons (Fsp3) is 0.167. The van der Waals surface area contributed by atoms with E-state index < -0.39 is 23.1 Å². The third-order valence-electron chi connectivity index (χ3n) is 5.32. The highest BCUT2D eigenvalue weighted by Gasteiger charge is 2.39. The van der Waals surface area contributed by atoms with E-state index in [0.29, 0.717) is 22.5 Å². The Labute approximate surface area is 192 Å². The van der Waals surface area contributed by atoms with Gasteiger partial charge in [-0.15, -0.1) is 0 Å². The normalized spacial score (nSPS) is 13.6. The number of hydrogen-bond acceptors (Lipinski definition) is 3. The molecule has 1 unspecified atom stereocenters. The van der Waals surface area contributed by atoms with Crippen LogP contribution < -0.4 is 5.32 Å². The maximum absolute atomic E-state index is 14.5. The summed E-state index contributed by atoms with van der Waals surface area (Å²) in [6.45, 7) is 0.193. The van der Waals surface area contributed by atoms with Gasteiger partial charge in [-0.25, -0.2) is 9.37 Å². The standard InChI is InChI=1S/C24H19ClF4N4/c25-19-6-7-22(31-12-19)23(11-16-4-2-1-3-5-16,33-14-21-13-30-15-32-21)17-8-18(24(27,28)29)10-20(26)9-17/h1-10,12-13,15,33H,11,14H2,(H,30,32). The van der Waals surface area contributed by atoms with Gasteiger partial charge in [0.25, 0.3) is 0 Å². The van der Waals surface area contributed by atoms with Crippen molar-refractivity contribution < 1.29 is 17.6 Å². The zero-order chi connectivity index (χ0) is 23.5. The van der Waals surface area contributed by atoms with Crippen LogP contribution in [0.3, 0.4) is 0 Å². The second-order valence-electron chi connectivity index (χ2n) is 7.57. The average molecular weight is 475 g/mol. The van der Waals surface area contributed by atoms with Crippen molar-refractivity contribution in [3.05, 3.63) is 118 Å². The number of aromatic amines is 1. The molecule has 2 aromatic carbocycles. The minimum absolute atomic E-state index is 0.0871. The van der Waals surface area contributed by atoms with Crippen LogP contribution in [0.2, 0.25) is 5.02 Å². The van der Waals surface area contributed by atoms with Crippen LogP contribution in [0, 0.1) is 5.82 Å². The molecule has 4 aromatic rings. The highest BCUT2D eigenvalue weighted by atomic mass is 35.5. The SMILES string of the molecule is Fc1cc(C(F)(F)F)cc(C(Cc2ccccc2)(NCc2c[nH]cn2)c2ccc(Cl)cn2)c1. The molecule has 2 N–H and O–H groups in total. The molecule has 0 saturated carbocycles. The molecule has 4 rings (SSSR count). The van der Waals surface area contributed by atoms with E-state index in [1.165, 1.54) is 12.5 Å². The Kier molecular flexibility index (Phi) is 6.49. The van der Waals surface area contributed by atoms with Crippen molar-refractivity contribution in [1.82, 2.24) is 20.3 Å². The molecule has 0 aliphatic heterocycles. The van der Waals surface area contributed by atoms with Crippen LogP contribution in [0.4, 0.5) is 17.6 Å². The Balaban J connectivity index is 1.93. The summed E-state index contributed by atoms with van der Waals surface area (Å²) < 4.78 is 55.3. The van der Waals surface area contributed by atoms with Crippen molar-refractivity contribution in [2.75, 3.05) is 0 Å². The molecule has 0 fully saturated rings. The van der Waals surface area contributed by atoms with Gasteiger partial charge in [0.1, 0.15) is 5.82 Å². The average Bonchev–Trinajstić information content (AvgIpc) is 3.31. The molecule has 0 spiro atoms. The van der Waals surface area contributed by atoms with Crippen LogP contribution in [0.25, 0.3) is 0 Å². The quantitative estimate of drug-likeness (QED) is 0.328. The second-order valence-corrected chi connectivity index (χ2v) is 8.01. The number of H-pyrrole nitrogens is 1. The summed E-state index contributed by atoms with van der Waals surface area (Å²) in [7, 11) is 0. The zero-order valence-corrected chi connectivity index (χ0v) is 18.0. The number of alkyl halides is 3. The summed E-state index contributed by atoms with van der Waals surface area (Å²) in [4.78, 5) is 11.5. The number of rotatable bonds is 7. The summed E-state index contributed by atoms with van der Waals surface area (Å²) in [5, 5.41) is 3.69. The fourth-order valence-corrected chi connectivity index (χ4v) is 3.87. The van der Waals surface area contributed by atoms with Crippen LogP contribution >= 0.6 is 11.6 Å². The molecule has 4 nitrogen and oxygen atoms in total. The van der Waals surface area contributed by atoms with Gasteiger partial charge in [0.05, 0.1) is 33.8 Å². The lowest BCUT2D eigenvalue weighted by atomic mass is 9.79. The van der Waals surface area contributed by atoms with Crippen molar-refractivity contribution >= 4 is 11.6 Å². The topological polar surface area (TPSA) is 53.6 Å². The molecule has 2 heterocycles. The largest absolute Gasteiger partial charge is 0.416 e. The van der Waals surface area contributed by atoms with Gasteiger partial charge in [0.2, 0.25) is 0 Å². The third kappa shape index (κ3) is 5.23. The maximum atomic E-state index is 14.5. The van der Waals surface area contributed by atoms with Gasteiger partial charge in [-0.3, -0.25) is 10.3 Å². The van der Waals surface area contributed by atoms with E-state index in [2.05, 4.69) is 20.3 Å². The fourth-order valence-electron chi connectivity index (χ4n) is 3.75. The predicted octanol–water partition coefficient (Wildman–Crippen LogP) is 5.89. The summed E-state index contributed by atoms with van der Waals surface area (Å²) in [6.07, 6.45) is 0.0675. The van der Waals surface area contributed by atoms with Crippen molar-refractivity contribution in [3.8, 4) is 0 Å². The maximum Gasteiger partial charge on any atom is 0.416 e. The van der Waals surface area contributed by atoms with Gasteiger partial charge in [-0.05, 0) is 41.5 Å². The Morgan fingerprint density at radius 3 is 2.33 bits per heavy atom. The molecule has 0 aliphatic rings. The van der Waals surface area contributed by atoms with E-state index >= 15 is 0 Å². The minimum atomic E-state index is -4.72. The highest BCUT2D eigenvalue weighted by molar-refractivity contribution is 6.30. The number of benzene rings is 2. The van der Waals surface area contributed by atoms with E-state index in [1.54, 1.807) is 18.3 Å². The van der Waals surface area contributed by atoms with E-state index in [1.807, 2.05) is 30.3 Å². The second kappa shape index (κ2) is 9.33. The molecule has 170 valence electrons. The van der Waals surface area contributed by atoms with Crippen molar-refractivity contribution in [3.63, 3.8) is 0 Å². The summed E-state index contributed by atoms with van der Waals surface area (Å²) in [6, 6.07) is 15.0. The first-order chi connectivity index (χ1) is 15.8. The molecule has 0 saturated heterocycles. The van der Waals surface area contributed by atoms with Gasteiger partial charge < -0.3 is 4.98 Å². The zero-order valence-electron chi connectivity index (χ0n) is 17.2. The molecule has 33 heavy (non-hydrogen) atoms. The first-order valence-electron chi connectivity index (χ1n) is 10.0. The van der Waals surface area contributed by atoms with Gasteiger partial charge in [0, 0.05) is 25.4 Å². The molecule has 0 aliphatic carbocycles. The summed E-state index contributed by atoms with van der Waals surface area (Å²) in [5.41, 5.74) is -0.456. The molecular weight excluding hydrogens is 456 g/mol. The van der Waals surface area contributed by atoms with Crippen LogP contribution in [-0.2, 0) is 24.7 Å². The molecule has 9 heteroatoms. The number of imidazole rings is 1. The van der Waals surface area contributed by atoms with Gasteiger partial charge in [0.15, 0.2) is 0 Å². The van der Waals surface area contributed by atoms with Gasteiger partial charge in [-0.2, -0.15) is 13.2 Å². The first-order valence-corrected chi connectivity index (χ1v) is 10.4. The summed E-state index contributed by atoms with van der Waals surface area (Å²) >= 11 is 6.03. The van der Waals surface area contributed by atoms with E-state index in [-0.39, 0.29) is 18.5 Å². The molecule has 2 aromatic heterocycles. The lowest BCUT2D eigenvalue weighted by Crippen LogP contribution is -2.46. The van der Waals surface area contributed by atoms with E-state index in [9.17, 15) is 17.6 Å². The van der Waals surface area contributed by atoms with Crippen molar-refractivity contribution in [2.45, 2.75) is 24.7 Å². The monoisotopic (exact) mass is 474 g/mol. The Bertz CT molecular complexity index is 1200. The minimum Gasteiger partial charge on any atom is -0.351 e. The Morgan fingerprint density at radius 1 is 0.939 bits per heavy atom. The highest BCUT2D eigenvalue weighted by Crippen LogP contribution is 2.38. The lowest BCUT2D eigenvalue weighted by molar-refractivity contribution is -0.137. The van der Waals surface area contributed by atoms with Crippen LogP contribution in [0.5, 0.6) is 0 Å². The third-order valence-corrected chi connectivity index (χ3v) is 5.54. The number of halogens is 5. The van der Waals surface area contributed by atoms with Crippen LogP contribution in [0.1, 0.15) is 28.1 Å². The number of nitrogens with one attached hydrogen (secondary N) is 2. The van der Waals surface area contributed by atoms with E-state index in [4.69, 9.17) is 11.6 Å². The lowest BCUT2D eigenvalue weighted by Gasteiger charge is -2.36. The smallest absolute Gasteiger partial charge is 0.351 e. The van der Waals surface area contributed by atoms with Gasteiger partial charge >= 0.3 is 6.18 Å². The summed E-state index contributed by atoms with van der Waals surface area (Å²) in [5.74, 6) is -0.993. The van der Waals surface area contributed by atoms with Crippen molar-refractivity contribution in [2.24, 2.45) is 0 Å².